The molecular weight excluding hydrogens is 182 g/mol. The third-order valence-corrected chi connectivity index (χ3v) is 2.17. The molecule has 4 heteroatoms. The van der Waals surface area contributed by atoms with Gasteiger partial charge in [0.05, 0.1) is 20.3 Å². The van der Waals surface area contributed by atoms with Gasteiger partial charge in [0.25, 0.3) is 0 Å². The van der Waals surface area contributed by atoms with E-state index in [1.165, 1.54) is 0 Å². The molecule has 4 nitrogen and oxygen atoms in total. The molecule has 0 saturated carbocycles. The normalized spacial score (nSPS) is 10.6. The van der Waals surface area contributed by atoms with Crippen LogP contribution in [0.3, 0.4) is 0 Å². The summed E-state index contributed by atoms with van der Waals surface area (Å²) in [5.41, 5.74) is 7.02. The number of rotatable bonds is 4. The fourth-order valence-electron chi connectivity index (χ4n) is 1.31. The van der Waals surface area contributed by atoms with Gasteiger partial charge in [0.2, 0.25) is 0 Å². The lowest BCUT2D eigenvalue weighted by Crippen LogP contribution is -2.11. The number of aliphatic hydroxyl groups is 2. The summed E-state index contributed by atoms with van der Waals surface area (Å²) in [7, 11) is 1.56. The number of nitrogens with two attached hydrogens (primary N) is 1. The first-order valence-electron chi connectivity index (χ1n) is 4.38. The summed E-state index contributed by atoms with van der Waals surface area (Å²) in [5.74, 6) is 0.349. The molecule has 0 aromatic heterocycles. The van der Waals surface area contributed by atoms with Crippen molar-refractivity contribution in [1.82, 2.24) is 0 Å². The highest BCUT2D eigenvalue weighted by molar-refractivity contribution is 5.53. The monoisotopic (exact) mass is 197 g/mol. The van der Waals surface area contributed by atoms with Crippen molar-refractivity contribution in [2.75, 3.05) is 26.1 Å². The highest BCUT2D eigenvalue weighted by atomic mass is 16.5. The maximum Gasteiger partial charge on any atom is 0.120 e. The molecule has 1 aromatic rings. The fourth-order valence-corrected chi connectivity index (χ4v) is 1.31. The number of ether oxygens (including phenoxy) is 1. The highest BCUT2D eigenvalue weighted by Crippen LogP contribution is 2.25. The predicted molar refractivity (Wildman–Crippen MR) is 54.3 cm³/mol. The van der Waals surface area contributed by atoms with E-state index in [2.05, 4.69) is 0 Å². The number of nitrogen functional groups attached to an aromatic ring is 1. The van der Waals surface area contributed by atoms with E-state index in [9.17, 15) is 0 Å². The molecule has 78 valence electrons. The first-order chi connectivity index (χ1) is 6.72. The first kappa shape index (κ1) is 10.8. The first-order valence-corrected chi connectivity index (χ1v) is 4.38. The molecule has 1 rings (SSSR count). The van der Waals surface area contributed by atoms with E-state index < -0.39 is 0 Å². The zero-order chi connectivity index (χ0) is 10.6. The molecule has 4 N–H and O–H groups in total. The van der Waals surface area contributed by atoms with Gasteiger partial charge in [0.15, 0.2) is 0 Å². The lowest BCUT2D eigenvalue weighted by molar-refractivity contribution is 0.193. The summed E-state index contributed by atoms with van der Waals surface area (Å²) in [4.78, 5) is 0. The zero-order valence-electron chi connectivity index (χ0n) is 8.10. The zero-order valence-corrected chi connectivity index (χ0v) is 8.10. The highest BCUT2D eigenvalue weighted by Gasteiger charge is 2.12. The number of benzene rings is 1. The van der Waals surface area contributed by atoms with Crippen molar-refractivity contribution in [3.05, 3.63) is 23.8 Å². The molecule has 0 amide bonds. The molecule has 0 atom stereocenters. The van der Waals surface area contributed by atoms with Gasteiger partial charge in [-0.1, -0.05) is 6.07 Å². The molecule has 0 bridgehead atoms. The minimum Gasteiger partial charge on any atom is -0.497 e. The maximum absolute atomic E-state index is 8.98. The number of methoxy groups -OCH3 is 1. The topological polar surface area (TPSA) is 75.7 Å². The van der Waals surface area contributed by atoms with E-state index in [1.807, 2.05) is 0 Å². The predicted octanol–water partition coefficient (Wildman–Crippen LogP) is 0.346. The average molecular weight is 197 g/mol. The number of hydrogen-bond donors (Lipinski definition) is 3. The summed E-state index contributed by atoms with van der Waals surface area (Å²) in [6, 6.07) is 5.18. The quantitative estimate of drug-likeness (QED) is 0.609. The van der Waals surface area contributed by atoms with E-state index in [-0.39, 0.29) is 19.1 Å². The molecule has 1 aromatic carbocycles. The molecule has 0 aliphatic heterocycles. The standard InChI is InChI=1S/C10H15NO3/c1-14-8-2-3-9(10(11)4-8)7(5-12)6-13/h2-4,7,12-13H,5-6,11H2,1H3. The largest absolute Gasteiger partial charge is 0.497 e. The van der Waals surface area contributed by atoms with Gasteiger partial charge in [0, 0.05) is 17.7 Å². The molecule has 0 saturated heterocycles. The molecule has 0 fully saturated rings. The summed E-state index contributed by atoms with van der Waals surface area (Å²) < 4.78 is 4.99. The maximum atomic E-state index is 8.98. The van der Waals surface area contributed by atoms with Gasteiger partial charge in [-0.25, -0.2) is 0 Å². The lowest BCUT2D eigenvalue weighted by atomic mass is 9.99. The van der Waals surface area contributed by atoms with Crippen LogP contribution in [0.5, 0.6) is 5.75 Å². The van der Waals surface area contributed by atoms with Crippen LogP contribution in [0.25, 0.3) is 0 Å². The van der Waals surface area contributed by atoms with Crippen LogP contribution in [0.4, 0.5) is 5.69 Å². The van der Waals surface area contributed by atoms with Crippen LogP contribution in [0, 0.1) is 0 Å². The van der Waals surface area contributed by atoms with E-state index in [1.54, 1.807) is 25.3 Å². The van der Waals surface area contributed by atoms with Crippen LogP contribution < -0.4 is 10.5 Å². The third-order valence-electron chi connectivity index (χ3n) is 2.17. The van der Waals surface area contributed by atoms with Crippen molar-refractivity contribution in [3.8, 4) is 5.75 Å². The second-order valence-electron chi connectivity index (χ2n) is 3.06. The second kappa shape index (κ2) is 4.83. The van der Waals surface area contributed by atoms with Crippen LogP contribution in [-0.2, 0) is 0 Å². The minimum atomic E-state index is -0.319. The molecule has 14 heavy (non-hydrogen) atoms. The summed E-state index contributed by atoms with van der Waals surface area (Å²) >= 11 is 0. The minimum absolute atomic E-state index is 0.118. The van der Waals surface area contributed by atoms with E-state index in [0.717, 1.165) is 5.56 Å². The summed E-state index contributed by atoms with van der Waals surface area (Å²) in [6.07, 6.45) is 0. The Morgan fingerprint density at radius 2 is 2.00 bits per heavy atom. The van der Waals surface area contributed by atoms with Crippen LogP contribution in [0.15, 0.2) is 18.2 Å². The van der Waals surface area contributed by atoms with Crippen molar-refractivity contribution in [3.63, 3.8) is 0 Å². The van der Waals surface area contributed by atoms with Crippen molar-refractivity contribution in [2.45, 2.75) is 5.92 Å². The smallest absolute Gasteiger partial charge is 0.120 e. The molecular formula is C10H15NO3. The van der Waals surface area contributed by atoms with Crippen molar-refractivity contribution >= 4 is 5.69 Å². The van der Waals surface area contributed by atoms with Gasteiger partial charge >= 0.3 is 0 Å². The Hall–Kier alpha value is -1.26. The summed E-state index contributed by atoms with van der Waals surface area (Å²) in [6.45, 7) is -0.236. The van der Waals surface area contributed by atoms with Crippen LogP contribution in [0.2, 0.25) is 0 Å². The Kier molecular flexibility index (Phi) is 3.73. The number of anilines is 1. The van der Waals surface area contributed by atoms with E-state index >= 15 is 0 Å². The molecule has 0 spiro atoms. The van der Waals surface area contributed by atoms with Gasteiger partial charge in [-0.15, -0.1) is 0 Å². The van der Waals surface area contributed by atoms with Gasteiger partial charge in [-0.2, -0.15) is 0 Å². The van der Waals surface area contributed by atoms with Gasteiger partial charge < -0.3 is 20.7 Å². The third kappa shape index (κ3) is 2.16. The Morgan fingerprint density at radius 1 is 1.36 bits per heavy atom. The van der Waals surface area contributed by atoms with Gasteiger partial charge in [-0.3, -0.25) is 0 Å². The molecule has 0 aliphatic rings. The average Bonchev–Trinajstić information content (AvgIpc) is 2.22. The number of aliphatic hydroxyl groups excluding tert-OH is 2. The van der Waals surface area contributed by atoms with Gasteiger partial charge in [-0.05, 0) is 11.6 Å². The van der Waals surface area contributed by atoms with E-state index in [0.29, 0.717) is 11.4 Å². The Morgan fingerprint density at radius 3 is 2.43 bits per heavy atom. The Labute approximate surface area is 82.9 Å². The second-order valence-corrected chi connectivity index (χ2v) is 3.06. The SMILES string of the molecule is COc1ccc(C(CO)CO)c(N)c1. The molecule has 0 heterocycles. The Bertz CT molecular complexity index is 297. The molecule has 0 aliphatic carbocycles. The van der Waals surface area contributed by atoms with Crippen molar-refractivity contribution < 1.29 is 14.9 Å². The summed E-state index contributed by atoms with van der Waals surface area (Å²) in [5, 5.41) is 18.0. The number of hydrogen-bond acceptors (Lipinski definition) is 4. The Balaban J connectivity index is 2.98. The van der Waals surface area contributed by atoms with Crippen molar-refractivity contribution in [1.29, 1.82) is 0 Å². The van der Waals surface area contributed by atoms with Crippen LogP contribution in [0.1, 0.15) is 11.5 Å². The lowest BCUT2D eigenvalue weighted by Gasteiger charge is -2.14. The van der Waals surface area contributed by atoms with Crippen LogP contribution >= 0.6 is 0 Å². The van der Waals surface area contributed by atoms with Crippen LogP contribution in [-0.4, -0.2) is 30.5 Å². The molecule has 0 unspecified atom stereocenters. The van der Waals surface area contributed by atoms with E-state index in [4.69, 9.17) is 20.7 Å². The fraction of sp³-hybridized carbons (Fsp3) is 0.400. The van der Waals surface area contributed by atoms with Crippen molar-refractivity contribution in [2.24, 2.45) is 0 Å². The van der Waals surface area contributed by atoms with Gasteiger partial charge in [0.1, 0.15) is 5.75 Å². The molecule has 0 radical (unpaired) electrons.